The Hall–Kier alpha value is -2.04. The molecule has 5 nitrogen and oxygen atoms in total. The van der Waals surface area contributed by atoms with Crippen LogP contribution >= 0.6 is 0 Å². The van der Waals surface area contributed by atoms with E-state index in [1.165, 1.54) is 0 Å². The fraction of sp³-hybridized carbons (Fsp3) is 0.273. The minimum absolute atomic E-state index is 0.421. The highest BCUT2D eigenvalue weighted by atomic mass is 16.5. The number of unbranched alkanes of at least 4 members (excludes halogenated alkanes) is 1. The van der Waals surface area contributed by atoms with Crippen LogP contribution in [-0.2, 0) is 0 Å². The first-order chi connectivity index (χ1) is 7.81. The lowest BCUT2D eigenvalue weighted by molar-refractivity contribution is 0.303. The van der Waals surface area contributed by atoms with Gasteiger partial charge in [0.2, 0.25) is 5.65 Å². The molecule has 0 amide bonds. The number of hydrogen-bond donors (Lipinski definition) is 1. The lowest BCUT2D eigenvalue weighted by atomic mass is 10.3. The first-order valence-electron chi connectivity index (χ1n) is 5.14. The molecule has 0 atom stereocenters. The topological polar surface area (TPSA) is 65.4 Å². The molecule has 0 saturated heterocycles. The molecule has 0 aliphatic heterocycles. The Morgan fingerprint density at radius 1 is 1.56 bits per heavy atom. The molecule has 2 N–H and O–H groups in total. The molecular weight excluding hydrogens is 204 g/mol. The van der Waals surface area contributed by atoms with E-state index in [4.69, 9.17) is 10.5 Å². The second-order valence-electron chi connectivity index (χ2n) is 3.41. The monoisotopic (exact) mass is 218 g/mol. The number of anilines is 1. The van der Waals surface area contributed by atoms with E-state index in [2.05, 4.69) is 16.5 Å². The van der Waals surface area contributed by atoms with E-state index >= 15 is 0 Å². The lowest BCUT2D eigenvalue weighted by Gasteiger charge is -2.06. The molecule has 0 radical (unpaired) electrons. The van der Waals surface area contributed by atoms with Crippen molar-refractivity contribution >= 4 is 11.5 Å². The summed E-state index contributed by atoms with van der Waals surface area (Å²) in [5.74, 6) is 0.901. The van der Waals surface area contributed by atoms with Crippen molar-refractivity contribution in [3.8, 4) is 5.88 Å². The van der Waals surface area contributed by atoms with E-state index in [0.29, 0.717) is 24.0 Å². The van der Waals surface area contributed by atoms with Crippen molar-refractivity contribution in [2.45, 2.75) is 12.8 Å². The van der Waals surface area contributed by atoms with E-state index in [1.54, 1.807) is 16.8 Å². The molecule has 0 aromatic carbocycles. The molecule has 2 heterocycles. The van der Waals surface area contributed by atoms with Crippen molar-refractivity contribution in [2.24, 2.45) is 0 Å². The Morgan fingerprint density at radius 2 is 2.44 bits per heavy atom. The summed E-state index contributed by atoms with van der Waals surface area (Å²) in [6.07, 6.45) is 8.90. The predicted molar refractivity (Wildman–Crippen MR) is 62.3 cm³/mol. The predicted octanol–water partition coefficient (Wildman–Crippen LogP) is 1.66. The molecule has 0 bridgehead atoms. The van der Waals surface area contributed by atoms with Crippen LogP contribution in [0.2, 0.25) is 0 Å². The van der Waals surface area contributed by atoms with Crippen LogP contribution in [0.1, 0.15) is 12.8 Å². The summed E-state index contributed by atoms with van der Waals surface area (Å²) in [7, 11) is 0. The average Bonchev–Trinajstić information content (AvgIpc) is 2.72. The summed E-state index contributed by atoms with van der Waals surface area (Å²) in [5, 5.41) is 0. The normalized spacial score (nSPS) is 10.5. The van der Waals surface area contributed by atoms with Gasteiger partial charge in [-0.05, 0) is 12.8 Å². The van der Waals surface area contributed by atoms with Gasteiger partial charge in [0.1, 0.15) is 5.82 Å². The SMILES string of the molecule is C=CCCCOc1nc(N)cn2ccnc12. The summed E-state index contributed by atoms with van der Waals surface area (Å²) in [4.78, 5) is 8.28. The molecule has 0 aliphatic carbocycles. The van der Waals surface area contributed by atoms with Crippen LogP contribution in [0.5, 0.6) is 5.88 Å². The van der Waals surface area contributed by atoms with Crippen LogP contribution in [0.3, 0.4) is 0 Å². The van der Waals surface area contributed by atoms with Gasteiger partial charge in [0, 0.05) is 12.4 Å². The van der Waals surface area contributed by atoms with Gasteiger partial charge in [0.25, 0.3) is 5.88 Å². The van der Waals surface area contributed by atoms with Gasteiger partial charge < -0.3 is 10.5 Å². The molecule has 16 heavy (non-hydrogen) atoms. The van der Waals surface area contributed by atoms with Crippen LogP contribution < -0.4 is 10.5 Å². The average molecular weight is 218 g/mol. The Kier molecular flexibility index (Phi) is 3.05. The van der Waals surface area contributed by atoms with Crippen molar-refractivity contribution in [3.05, 3.63) is 31.2 Å². The highest BCUT2D eigenvalue weighted by Crippen LogP contribution is 2.17. The van der Waals surface area contributed by atoms with E-state index in [-0.39, 0.29) is 0 Å². The number of imidazole rings is 1. The van der Waals surface area contributed by atoms with E-state index < -0.39 is 0 Å². The fourth-order valence-electron chi connectivity index (χ4n) is 1.41. The second-order valence-corrected chi connectivity index (χ2v) is 3.41. The molecule has 0 spiro atoms. The summed E-state index contributed by atoms with van der Waals surface area (Å²) < 4.78 is 7.34. The highest BCUT2D eigenvalue weighted by molar-refractivity contribution is 5.52. The van der Waals surface area contributed by atoms with Gasteiger partial charge in [-0.25, -0.2) is 4.98 Å². The van der Waals surface area contributed by atoms with Crippen molar-refractivity contribution < 1.29 is 4.74 Å². The van der Waals surface area contributed by atoms with Crippen molar-refractivity contribution in [2.75, 3.05) is 12.3 Å². The maximum absolute atomic E-state index is 5.66. The summed E-state index contributed by atoms with van der Waals surface area (Å²) in [6.45, 7) is 4.24. The maximum Gasteiger partial charge on any atom is 0.260 e. The highest BCUT2D eigenvalue weighted by Gasteiger charge is 2.06. The molecule has 5 heteroatoms. The zero-order valence-corrected chi connectivity index (χ0v) is 8.97. The van der Waals surface area contributed by atoms with Crippen molar-refractivity contribution in [3.63, 3.8) is 0 Å². The molecule has 0 unspecified atom stereocenters. The van der Waals surface area contributed by atoms with Crippen molar-refractivity contribution in [1.82, 2.24) is 14.4 Å². The number of aromatic nitrogens is 3. The minimum atomic E-state index is 0.421. The molecule has 0 saturated carbocycles. The minimum Gasteiger partial charge on any atom is -0.475 e. The molecule has 2 aromatic heterocycles. The van der Waals surface area contributed by atoms with Crippen LogP contribution in [-0.4, -0.2) is 21.0 Å². The van der Waals surface area contributed by atoms with Gasteiger partial charge in [-0.1, -0.05) is 6.08 Å². The smallest absolute Gasteiger partial charge is 0.260 e. The third-order valence-electron chi connectivity index (χ3n) is 2.15. The molecule has 0 aliphatic rings. The third-order valence-corrected chi connectivity index (χ3v) is 2.15. The number of nitrogens with zero attached hydrogens (tertiary/aromatic N) is 3. The number of nitrogen functional groups attached to an aromatic ring is 1. The zero-order valence-electron chi connectivity index (χ0n) is 8.97. The van der Waals surface area contributed by atoms with Gasteiger partial charge in [-0.15, -0.1) is 6.58 Å². The van der Waals surface area contributed by atoms with Crippen LogP contribution in [0.25, 0.3) is 5.65 Å². The number of ether oxygens (including phenoxy) is 1. The Morgan fingerprint density at radius 3 is 3.25 bits per heavy atom. The number of nitrogens with two attached hydrogens (primary N) is 1. The van der Waals surface area contributed by atoms with Gasteiger partial charge in [0.15, 0.2) is 0 Å². The van der Waals surface area contributed by atoms with Gasteiger partial charge in [-0.2, -0.15) is 4.98 Å². The lowest BCUT2D eigenvalue weighted by Crippen LogP contribution is -2.03. The molecular formula is C11H14N4O. The van der Waals surface area contributed by atoms with Crippen LogP contribution in [0.4, 0.5) is 5.82 Å². The quantitative estimate of drug-likeness (QED) is 0.612. The summed E-state index contributed by atoms with van der Waals surface area (Å²) >= 11 is 0. The Bertz CT molecular complexity index is 492. The second kappa shape index (κ2) is 4.65. The van der Waals surface area contributed by atoms with E-state index in [1.807, 2.05) is 12.3 Å². The number of fused-ring (bicyclic) bond motifs is 1. The van der Waals surface area contributed by atoms with Crippen molar-refractivity contribution in [1.29, 1.82) is 0 Å². The Balaban J connectivity index is 2.15. The van der Waals surface area contributed by atoms with E-state index in [0.717, 1.165) is 12.8 Å². The molecule has 2 aromatic rings. The van der Waals surface area contributed by atoms with Gasteiger partial charge in [0.05, 0.1) is 12.8 Å². The molecule has 84 valence electrons. The first-order valence-corrected chi connectivity index (χ1v) is 5.14. The maximum atomic E-state index is 5.66. The third kappa shape index (κ3) is 2.13. The van der Waals surface area contributed by atoms with E-state index in [9.17, 15) is 0 Å². The number of rotatable bonds is 5. The zero-order chi connectivity index (χ0) is 11.4. The fourth-order valence-corrected chi connectivity index (χ4v) is 1.41. The van der Waals surface area contributed by atoms with Crippen LogP contribution in [0, 0.1) is 0 Å². The number of allylic oxidation sites excluding steroid dienone is 1. The summed E-state index contributed by atoms with van der Waals surface area (Å²) in [6, 6.07) is 0. The Labute approximate surface area is 93.6 Å². The van der Waals surface area contributed by atoms with Gasteiger partial charge in [-0.3, -0.25) is 4.40 Å². The number of hydrogen-bond acceptors (Lipinski definition) is 4. The van der Waals surface area contributed by atoms with Crippen LogP contribution in [0.15, 0.2) is 31.2 Å². The largest absolute Gasteiger partial charge is 0.475 e. The van der Waals surface area contributed by atoms with Gasteiger partial charge >= 0.3 is 0 Å². The first kappa shape index (κ1) is 10.5. The molecule has 0 fully saturated rings. The molecule has 2 rings (SSSR count). The standard InChI is InChI=1S/C11H14N4O/c1-2-3-4-7-16-11-10-13-5-6-15(10)8-9(12)14-11/h2,5-6,8H,1,3-4,7,12H2. The summed E-state index contributed by atoms with van der Waals surface area (Å²) in [5.41, 5.74) is 6.35.